The standard InChI is InChI=1S/C21H25IN3O3.Mo/c1-2-28-20-17(7-8-19(22)24-20)21(27)25-10-9-15(18(26)13-25)11-14-5-3-4-6-16(14)12-23;/h3-8,15,18,26H,1-2,9-13,23H2;/q-1;/t15?,18-;/m1./s1. The minimum absolute atomic E-state index is 0. The normalized spacial score (nSPS) is 18.8. The zero-order chi connectivity index (χ0) is 20.1. The number of nitrogens with two attached hydrogens (primary N) is 1. The van der Waals surface area contributed by atoms with Crippen molar-refractivity contribution in [1.82, 2.24) is 9.88 Å². The molecule has 1 unspecified atom stereocenters. The van der Waals surface area contributed by atoms with Crippen LogP contribution in [-0.2, 0) is 34.0 Å². The van der Waals surface area contributed by atoms with Crippen molar-refractivity contribution < 1.29 is 35.7 Å². The largest absolute Gasteiger partial charge is 0.510 e. The van der Waals surface area contributed by atoms with Gasteiger partial charge >= 0.3 is 0 Å². The number of pyridine rings is 1. The van der Waals surface area contributed by atoms with E-state index in [9.17, 15) is 9.90 Å². The summed E-state index contributed by atoms with van der Waals surface area (Å²) in [6.07, 6.45) is 0.907. The Labute approximate surface area is 199 Å². The van der Waals surface area contributed by atoms with Crippen molar-refractivity contribution in [1.29, 1.82) is 0 Å². The summed E-state index contributed by atoms with van der Waals surface area (Å²) in [7, 11) is 0. The Hall–Kier alpha value is -1.02. The maximum Gasteiger partial charge on any atom is 0.259 e. The van der Waals surface area contributed by atoms with Crippen LogP contribution in [-0.4, -0.2) is 46.7 Å². The van der Waals surface area contributed by atoms with Gasteiger partial charge in [-0.3, -0.25) is 4.79 Å². The molecule has 6 nitrogen and oxygen atoms in total. The number of piperidine rings is 1. The molecule has 0 spiro atoms. The monoisotopic (exact) mass is 592 g/mol. The molecular weight excluding hydrogens is 565 g/mol. The van der Waals surface area contributed by atoms with E-state index in [2.05, 4.69) is 40.6 Å². The van der Waals surface area contributed by atoms with E-state index in [1.165, 1.54) is 5.56 Å². The molecule has 156 valence electrons. The smallest absolute Gasteiger partial charge is 0.259 e. The van der Waals surface area contributed by atoms with Crippen molar-refractivity contribution in [2.24, 2.45) is 11.7 Å². The first-order valence-electron chi connectivity index (χ1n) is 9.36. The average molecular weight is 590 g/mol. The van der Waals surface area contributed by atoms with Crippen LogP contribution < -0.4 is 10.5 Å². The molecule has 2 atom stereocenters. The van der Waals surface area contributed by atoms with Gasteiger partial charge in [-0.25, -0.2) is 4.98 Å². The predicted octanol–water partition coefficient (Wildman–Crippen LogP) is 2.42. The molecule has 1 amide bonds. The van der Waals surface area contributed by atoms with Gasteiger partial charge in [0, 0.05) is 40.7 Å². The number of carbonyl (C=O) groups excluding carboxylic acids is 1. The van der Waals surface area contributed by atoms with E-state index in [-0.39, 0.29) is 39.5 Å². The zero-order valence-electron chi connectivity index (χ0n) is 16.1. The second-order valence-electron chi connectivity index (χ2n) is 6.88. The van der Waals surface area contributed by atoms with E-state index < -0.39 is 6.10 Å². The SMILES string of the molecule is [CH2-]COc1nc(I)ccc1C(=O)N1CCC(Cc2ccccc2CN)[C@H](O)C1.[Mo]. The summed E-state index contributed by atoms with van der Waals surface area (Å²) in [5, 5.41) is 10.7. The summed E-state index contributed by atoms with van der Waals surface area (Å²) in [6.45, 7) is 5.22. The number of rotatable bonds is 6. The number of amides is 1. The Morgan fingerprint density at radius 3 is 2.69 bits per heavy atom. The van der Waals surface area contributed by atoms with Crippen LogP contribution in [0.4, 0.5) is 0 Å². The van der Waals surface area contributed by atoms with E-state index in [0.717, 1.165) is 22.1 Å². The molecule has 3 rings (SSSR count). The third-order valence-corrected chi connectivity index (χ3v) is 5.73. The number of carbonyl (C=O) groups is 1. The molecule has 29 heavy (non-hydrogen) atoms. The number of halogens is 1. The number of ether oxygens (including phenoxy) is 1. The van der Waals surface area contributed by atoms with Crippen LogP contribution in [0.1, 0.15) is 27.9 Å². The second-order valence-corrected chi connectivity index (χ2v) is 7.98. The Morgan fingerprint density at radius 2 is 2.03 bits per heavy atom. The number of aliphatic hydroxyl groups is 1. The molecule has 2 heterocycles. The third-order valence-electron chi connectivity index (χ3n) is 5.12. The van der Waals surface area contributed by atoms with Crippen molar-refractivity contribution in [3.05, 3.63) is 63.7 Å². The number of β-amino-alcohol motifs (C(OH)–C–C–N with tert-alkyl or cyclic N) is 1. The molecule has 3 N–H and O–H groups in total. The van der Waals surface area contributed by atoms with Crippen LogP contribution in [0.3, 0.4) is 0 Å². The van der Waals surface area contributed by atoms with Gasteiger partial charge in [-0.2, -0.15) is 0 Å². The van der Waals surface area contributed by atoms with Crippen molar-refractivity contribution in [2.75, 3.05) is 19.7 Å². The summed E-state index contributed by atoms with van der Waals surface area (Å²) in [4.78, 5) is 18.9. The van der Waals surface area contributed by atoms with E-state index in [0.29, 0.717) is 31.1 Å². The van der Waals surface area contributed by atoms with Gasteiger partial charge in [0.25, 0.3) is 5.91 Å². The minimum Gasteiger partial charge on any atom is -0.510 e. The number of nitrogens with zero attached hydrogens (tertiary/aromatic N) is 2. The second kappa shape index (κ2) is 11.4. The minimum atomic E-state index is -0.586. The molecule has 1 aromatic heterocycles. The summed E-state index contributed by atoms with van der Waals surface area (Å²) >= 11 is 2.08. The van der Waals surface area contributed by atoms with Gasteiger partial charge < -0.3 is 27.4 Å². The van der Waals surface area contributed by atoms with Gasteiger partial charge in [0.05, 0.1) is 6.10 Å². The topological polar surface area (TPSA) is 88.7 Å². The van der Waals surface area contributed by atoms with Crippen molar-refractivity contribution in [2.45, 2.75) is 25.5 Å². The fourth-order valence-electron chi connectivity index (χ4n) is 3.60. The number of benzene rings is 1. The molecule has 0 aliphatic carbocycles. The Morgan fingerprint density at radius 1 is 1.31 bits per heavy atom. The van der Waals surface area contributed by atoms with Crippen LogP contribution >= 0.6 is 22.6 Å². The summed E-state index contributed by atoms with van der Waals surface area (Å²) in [6, 6.07) is 11.5. The molecule has 1 aliphatic heterocycles. The van der Waals surface area contributed by atoms with Gasteiger partial charge in [-0.1, -0.05) is 24.3 Å². The number of likely N-dealkylation sites (tertiary alicyclic amines) is 1. The fraction of sp³-hybridized carbons (Fsp3) is 0.381. The van der Waals surface area contributed by atoms with E-state index in [4.69, 9.17) is 10.5 Å². The van der Waals surface area contributed by atoms with Crippen LogP contribution in [0, 0.1) is 16.5 Å². The van der Waals surface area contributed by atoms with Gasteiger partial charge in [0.2, 0.25) is 5.88 Å². The fourth-order valence-corrected chi connectivity index (χ4v) is 4.00. The van der Waals surface area contributed by atoms with Crippen molar-refractivity contribution >= 4 is 28.5 Å². The molecule has 1 aliphatic rings. The summed E-state index contributed by atoms with van der Waals surface area (Å²) in [5.74, 6) is 0.217. The molecule has 1 aromatic carbocycles. The first-order chi connectivity index (χ1) is 13.5. The molecule has 0 radical (unpaired) electrons. The Bertz CT molecular complexity index is 837. The number of hydrogen-bond acceptors (Lipinski definition) is 5. The molecule has 0 saturated carbocycles. The first kappa shape index (κ1) is 24.2. The number of hydrogen-bond donors (Lipinski definition) is 2. The third kappa shape index (κ3) is 6.00. The number of aliphatic hydroxyl groups excluding tert-OH is 1. The molecule has 1 saturated heterocycles. The van der Waals surface area contributed by atoms with Crippen molar-refractivity contribution in [3.8, 4) is 5.88 Å². The van der Waals surface area contributed by atoms with E-state index in [1.54, 1.807) is 17.0 Å². The molecular formula is C21H25IMoN3O3-. The van der Waals surface area contributed by atoms with Gasteiger partial charge in [-0.05, 0) is 71.2 Å². The van der Waals surface area contributed by atoms with Gasteiger partial charge in [0.1, 0.15) is 9.26 Å². The van der Waals surface area contributed by atoms with E-state index in [1.807, 2.05) is 18.2 Å². The van der Waals surface area contributed by atoms with Crippen LogP contribution in [0.25, 0.3) is 0 Å². The van der Waals surface area contributed by atoms with Crippen molar-refractivity contribution in [3.63, 3.8) is 0 Å². The van der Waals surface area contributed by atoms with Gasteiger partial charge in [-0.15, -0.1) is 0 Å². The predicted molar refractivity (Wildman–Crippen MR) is 116 cm³/mol. The van der Waals surface area contributed by atoms with E-state index >= 15 is 0 Å². The molecule has 1 fully saturated rings. The molecule has 2 aromatic rings. The summed E-state index contributed by atoms with van der Waals surface area (Å²) < 4.78 is 6.18. The molecule has 0 bridgehead atoms. The van der Waals surface area contributed by atoms with Crippen LogP contribution in [0.5, 0.6) is 5.88 Å². The Kier molecular flexibility index (Phi) is 9.53. The molecule has 8 heteroatoms. The van der Waals surface area contributed by atoms with Crippen LogP contribution in [0.2, 0.25) is 0 Å². The zero-order valence-corrected chi connectivity index (χ0v) is 20.3. The number of aromatic nitrogens is 1. The Balaban J connectivity index is 0.00000300. The maximum absolute atomic E-state index is 13.0. The van der Waals surface area contributed by atoms with Crippen LogP contribution in [0.15, 0.2) is 36.4 Å². The maximum atomic E-state index is 13.0. The summed E-state index contributed by atoms with van der Waals surface area (Å²) in [5.41, 5.74) is 8.51. The quantitative estimate of drug-likeness (QED) is 0.234. The average Bonchev–Trinajstić information content (AvgIpc) is 2.70. The van der Waals surface area contributed by atoms with Gasteiger partial charge in [0.15, 0.2) is 0 Å². The first-order valence-corrected chi connectivity index (χ1v) is 10.4.